The van der Waals surface area contributed by atoms with E-state index >= 15 is 0 Å². The summed E-state index contributed by atoms with van der Waals surface area (Å²) in [6.45, 7) is 1.17. The Morgan fingerprint density at radius 1 is 1.45 bits per heavy atom. The number of hydrogen-bond acceptors (Lipinski definition) is 4. The van der Waals surface area contributed by atoms with Crippen LogP contribution < -0.4 is 20.7 Å². The maximum atomic E-state index is 11.9. The first-order chi connectivity index (χ1) is 10.6. The second-order valence-electron chi connectivity index (χ2n) is 5.08. The number of rotatable bonds is 6. The zero-order valence-corrected chi connectivity index (χ0v) is 13.2. The van der Waals surface area contributed by atoms with Crippen molar-refractivity contribution < 1.29 is 14.3 Å². The van der Waals surface area contributed by atoms with Crippen molar-refractivity contribution in [3.8, 4) is 5.75 Å². The van der Waals surface area contributed by atoms with Gasteiger partial charge in [-0.15, -0.1) is 0 Å². The van der Waals surface area contributed by atoms with E-state index in [1.165, 1.54) is 7.11 Å². The normalized spacial score (nSPS) is 17.1. The zero-order chi connectivity index (χ0) is 15.9. The lowest BCUT2D eigenvalue weighted by atomic mass is 10.2. The minimum Gasteiger partial charge on any atom is -0.495 e. The standard InChI is InChI=1S/C15H20ClN3O3/c1-22-13-5-4-10(16)9-12(13)19-14(20)6-8-18-15(21)11-3-2-7-17-11/h4-5,9,11,17H,2-3,6-8H2,1H3,(H,18,21)(H,19,20). The summed E-state index contributed by atoms with van der Waals surface area (Å²) in [5.41, 5.74) is 0.517. The molecule has 0 radical (unpaired) electrons. The number of carbonyl (C=O) groups excluding carboxylic acids is 2. The minimum atomic E-state index is -0.208. The fraction of sp³-hybridized carbons (Fsp3) is 0.467. The Balaban J connectivity index is 1.78. The monoisotopic (exact) mass is 325 g/mol. The molecular formula is C15H20ClN3O3. The number of hydrogen-bond donors (Lipinski definition) is 3. The van der Waals surface area contributed by atoms with Crippen LogP contribution in [0, 0.1) is 0 Å². The minimum absolute atomic E-state index is 0.0503. The lowest BCUT2D eigenvalue weighted by Gasteiger charge is -2.12. The molecule has 2 rings (SSSR count). The lowest BCUT2D eigenvalue weighted by Crippen LogP contribution is -2.41. The van der Waals surface area contributed by atoms with Crippen LogP contribution in [0.5, 0.6) is 5.75 Å². The van der Waals surface area contributed by atoms with Gasteiger partial charge >= 0.3 is 0 Å². The molecule has 0 spiro atoms. The second-order valence-corrected chi connectivity index (χ2v) is 5.52. The highest BCUT2D eigenvalue weighted by atomic mass is 35.5. The number of methoxy groups -OCH3 is 1. The summed E-state index contributed by atoms with van der Waals surface area (Å²) < 4.78 is 5.16. The summed E-state index contributed by atoms with van der Waals surface area (Å²) in [6.07, 6.45) is 2.04. The van der Waals surface area contributed by atoms with Crippen molar-refractivity contribution in [3.05, 3.63) is 23.2 Å². The quantitative estimate of drug-likeness (QED) is 0.741. The summed E-state index contributed by atoms with van der Waals surface area (Å²) >= 11 is 5.91. The molecule has 0 saturated carbocycles. The Labute approximate surface area is 134 Å². The maximum absolute atomic E-state index is 11.9. The summed E-state index contributed by atoms with van der Waals surface area (Å²) in [5, 5.41) is 9.11. The van der Waals surface area contributed by atoms with Crippen molar-refractivity contribution in [1.82, 2.24) is 10.6 Å². The molecule has 1 unspecified atom stereocenters. The third-order valence-corrected chi connectivity index (χ3v) is 3.70. The molecule has 120 valence electrons. The molecule has 1 saturated heterocycles. The first-order valence-electron chi connectivity index (χ1n) is 7.24. The van der Waals surface area contributed by atoms with E-state index in [1.54, 1.807) is 18.2 Å². The van der Waals surface area contributed by atoms with Crippen LogP contribution in [0.2, 0.25) is 5.02 Å². The highest BCUT2D eigenvalue weighted by molar-refractivity contribution is 6.31. The van der Waals surface area contributed by atoms with E-state index in [1.807, 2.05) is 0 Å². The number of carbonyl (C=O) groups is 2. The molecule has 0 bridgehead atoms. The van der Waals surface area contributed by atoms with Gasteiger partial charge in [-0.1, -0.05) is 11.6 Å². The van der Waals surface area contributed by atoms with Gasteiger partial charge in [0.15, 0.2) is 0 Å². The smallest absolute Gasteiger partial charge is 0.237 e. The van der Waals surface area contributed by atoms with E-state index in [-0.39, 0.29) is 24.3 Å². The van der Waals surface area contributed by atoms with E-state index in [4.69, 9.17) is 16.3 Å². The van der Waals surface area contributed by atoms with E-state index in [2.05, 4.69) is 16.0 Å². The van der Waals surface area contributed by atoms with Crippen LogP contribution in [-0.2, 0) is 9.59 Å². The number of halogens is 1. The van der Waals surface area contributed by atoms with Gasteiger partial charge in [0.2, 0.25) is 11.8 Å². The van der Waals surface area contributed by atoms with Gasteiger partial charge in [-0.2, -0.15) is 0 Å². The molecule has 0 aromatic heterocycles. The molecule has 6 nitrogen and oxygen atoms in total. The Bertz CT molecular complexity index is 545. The largest absolute Gasteiger partial charge is 0.495 e. The van der Waals surface area contributed by atoms with Crippen LogP contribution in [0.25, 0.3) is 0 Å². The summed E-state index contributed by atoms with van der Waals surface area (Å²) in [4.78, 5) is 23.7. The second kappa shape index (κ2) is 8.00. The molecule has 3 N–H and O–H groups in total. The van der Waals surface area contributed by atoms with Gasteiger partial charge in [-0.25, -0.2) is 0 Å². The van der Waals surface area contributed by atoms with Gasteiger partial charge < -0.3 is 20.7 Å². The van der Waals surface area contributed by atoms with E-state index in [0.717, 1.165) is 19.4 Å². The van der Waals surface area contributed by atoms with Crippen molar-refractivity contribution in [2.75, 3.05) is 25.5 Å². The Morgan fingerprint density at radius 2 is 2.27 bits per heavy atom. The van der Waals surface area contributed by atoms with Gasteiger partial charge in [0.25, 0.3) is 0 Å². The Morgan fingerprint density at radius 3 is 2.95 bits per heavy atom. The molecule has 1 aliphatic heterocycles. The van der Waals surface area contributed by atoms with Crippen molar-refractivity contribution in [2.45, 2.75) is 25.3 Å². The Hall–Kier alpha value is -1.79. The van der Waals surface area contributed by atoms with Crippen LogP contribution in [0.3, 0.4) is 0 Å². The number of nitrogens with one attached hydrogen (secondary N) is 3. The lowest BCUT2D eigenvalue weighted by molar-refractivity contribution is -0.122. The average Bonchev–Trinajstić information content (AvgIpc) is 3.01. The predicted octanol–water partition coefficient (Wildman–Crippen LogP) is 1.55. The number of ether oxygens (including phenoxy) is 1. The third kappa shape index (κ3) is 4.61. The Kier molecular flexibility index (Phi) is 6.03. The SMILES string of the molecule is COc1ccc(Cl)cc1NC(=O)CCNC(=O)C1CCCN1. The van der Waals surface area contributed by atoms with Gasteiger partial charge in [0.05, 0.1) is 18.8 Å². The summed E-state index contributed by atoms with van der Waals surface area (Å²) in [6, 6.07) is 4.87. The van der Waals surface area contributed by atoms with Crippen LogP contribution in [0.15, 0.2) is 18.2 Å². The first kappa shape index (κ1) is 16.6. The van der Waals surface area contributed by atoms with Gasteiger partial charge in [0.1, 0.15) is 5.75 Å². The van der Waals surface area contributed by atoms with E-state index in [0.29, 0.717) is 23.0 Å². The van der Waals surface area contributed by atoms with Crippen LogP contribution in [0.1, 0.15) is 19.3 Å². The zero-order valence-electron chi connectivity index (χ0n) is 12.4. The molecule has 1 atom stereocenters. The van der Waals surface area contributed by atoms with Crippen molar-refractivity contribution in [3.63, 3.8) is 0 Å². The molecule has 2 amide bonds. The number of benzene rings is 1. The molecule has 1 fully saturated rings. The van der Waals surface area contributed by atoms with Crippen LogP contribution >= 0.6 is 11.6 Å². The molecule has 0 aliphatic carbocycles. The van der Waals surface area contributed by atoms with Crippen LogP contribution in [-0.4, -0.2) is 38.1 Å². The van der Waals surface area contributed by atoms with Crippen molar-refractivity contribution in [1.29, 1.82) is 0 Å². The van der Waals surface area contributed by atoms with Gasteiger partial charge in [-0.3, -0.25) is 9.59 Å². The molecule has 1 heterocycles. The van der Waals surface area contributed by atoms with E-state index < -0.39 is 0 Å². The summed E-state index contributed by atoms with van der Waals surface area (Å²) in [7, 11) is 1.52. The highest BCUT2D eigenvalue weighted by Gasteiger charge is 2.21. The highest BCUT2D eigenvalue weighted by Crippen LogP contribution is 2.27. The van der Waals surface area contributed by atoms with Gasteiger partial charge in [-0.05, 0) is 37.6 Å². The number of anilines is 1. The molecule has 7 heteroatoms. The van der Waals surface area contributed by atoms with E-state index in [9.17, 15) is 9.59 Å². The first-order valence-corrected chi connectivity index (χ1v) is 7.62. The third-order valence-electron chi connectivity index (χ3n) is 3.46. The predicted molar refractivity (Wildman–Crippen MR) is 85.3 cm³/mol. The fourth-order valence-electron chi connectivity index (χ4n) is 2.32. The average molecular weight is 326 g/mol. The molecule has 1 aromatic carbocycles. The molecular weight excluding hydrogens is 306 g/mol. The molecule has 1 aliphatic rings. The topological polar surface area (TPSA) is 79.5 Å². The van der Waals surface area contributed by atoms with Crippen LogP contribution in [0.4, 0.5) is 5.69 Å². The number of amides is 2. The molecule has 1 aromatic rings. The summed E-state index contributed by atoms with van der Waals surface area (Å²) in [5.74, 6) is 0.280. The van der Waals surface area contributed by atoms with Crippen molar-refractivity contribution in [2.24, 2.45) is 0 Å². The maximum Gasteiger partial charge on any atom is 0.237 e. The molecule has 22 heavy (non-hydrogen) atoms. The van der Waals surface area contributed by atoms with Crippen molar-refractivity contribution >= 4 is 29.1 Å². The van der Waals surface area contributed by atoms with Gasteiger partial charge in [0, 0.05) is 18.0 Å². The fourth-order valence-corrected chi connectivity index (χ4v) is 2.49.